The summed E-state index contributed by atoms with van der Waals surface area (Å²) in [6.07, 6.45) is -1.89. The van der Waals surface area contributed by atoms with Crippen LogP contribution >= 0.6 is 0 Å². The first-order valence-corrected chi connectivity index (χ1v) is 9.18. The van der Waals surface area contributed by atoms with Crippen molar-refractivity contribution < 1.29 is 41.4 Å². The number of nitrogens with zero attached hydrogens (tertiary/aromatic N) is 2. The maximum absolute atomic E-state index is 14.7. The van der Waals surface area contributed by atoms with Gasteiger partial charge in [0.1, 0.15) is 30.6 Å². The van der Waals surface area contributed by atoms with Crippen molar-refractivity contribution in [1.29, 1.82) is 0 Å². The van der Waals surface area contributed by atoms with Gasteiger partial charge in [-0.05, 0) is 37.3 Å². The highest BCUT2D eigenvalue weighted by atomic mass is 19.3. The molecule has 8 nitrogen and oxygen atoms in total. The van der Waals surface area contributed by atoms with Gasteiger partial charge in [-0.3, -0.25) is 19.6 Å². The zero-order chi connectivity index (χ0) is 24.8. The smallest absolute Gasteiger partial charge is 0.299 e. The molecule has 0 radical (unpaired) electrons. The summed E-state index contributed by atoms with van der Waals surface area (Å²) in [4.78, 5) is 28.1. The van der Waals surface area contributed by atoms with Gasteiger partial charge >= 0.3 is 0 Å². The second-order valence-electron chi connectivity index (χ2n) is 6.90. The Morgan fingerprint density at radius 3 is 2.55 bits per heavy atom. The molecule has 2 heterocycles. The Morgan fingerprint density at radius 1 is 1.30 bits per heavy atom. The summed E-state index contributed by atoms with van der Waals surface area (Å²) < 4.78 is 73.9. The quantitative estimate of drug-likeness (QED) is 0.461. The number of carbonyl (C=O) groups excluding carboxylic acids is 1. The minimum Gasteiger partial charge on any atom is -0.483 e. The van der Waals surface area contributed by atoms with Gasteiger partial charge in [0, 0.05) is 23.0 Å². The van der Waals surface area contributed by atoms with E-state index in [9.17, 15) is 26.7 Å². The minimum atomic E-state index is -3.59. The van der Waals surface area contributed by atoms with E-state index in [1.165, 1.54) is 0 Å². The summed E-state index contributed by atoms with van der Waals surface area (Å²) >= 11 is 0. The first kappa shape index (κ1) is 25.6. The molecule has 178 valence electrons. The van der Waals surface area contributed by atoms with Crippen LogP contribution in [0.2, 0.25) is 0 Å². The number of alkyl halides is 4. The molecule has 0 aliphatic carbocycles. The third kappa shape index (κ3) is 5.80. The lowest BCUT2D eigenvalue weighted by molar-refractivity contribution is -0.122. The van der Waals surface area contributed by atoms with E-state index in [0.717, 1.165) is 43.5 Å². The molecule has 13 heteroatoms. The number of halogens is 5. The number of rotatable bonds is 4. The van der Waals surface area contributed by atoms with Crippen LogP contribution in [0.25, 0.3) is 0 Å². The summed E-state index contributed by atoms with van der Waals surface area (Å²) in [5.41, 5.74) is 2.13. The zero-order valence-electron chi connectivity index (χ0n) is 17.1. The average molecular weight is 474 g/mol. The Bertz CT molecular complexity index is 1030. The highest BCUT2D eigenvalue weighted by Crippen LogP contribution is 2.44. The van der Waals surface area contributed by atoms with E-state index in [1.807, 2.05) is 0 Å². The van der Waals surface area contributed by atoms with Gasteiger partial charge in [-0.2, -0.15) is 0 Å². The van der Waals surface area contributed by atoms with Crippen molar-refractivity contribution >= 4 is 23.9 Å². The van der Waals surface area contributed by atoms with Gasteiger partial charge in [-0.1, -0.05) is 0 Å². The fraction of sp³-hybridized carbons (Fsp3) is 0.300. The molecule has 0 saturated heterocycles. The van der Waals surface area contributed by atoms with Crippen LogP contribution in [-0.4, -0.2) is 47.4 Å². The van der Waals surface area contributed by atoms with E-state index >= 15 is 0 Å². The topological polar surface area (TPSA) is 127 Å². The molecule has 0 fully saturated rings. The van der Waals surface area contributed by atoms with Crippen molar-refractivity contribution in [3.63, 3.8) is 0 Å². The Labute approximate surface area is 184 Å². The normalized spacial score (nSPS) is 19.5. The number of carboxylic acid groups (broad SMARTS) is 1. The van der Waals surface area contributed by atoms with Crippen molar-refractivity contribution in [3.05, 3.63) is 59.2 Å². The number of hydrogen-bond donors (Lipinski definition) is 3. The number of nitrogens with two attached hydrogens (primary N) is 1. The van der Waals surface area contributed by atoms with Crippen LogP contribution in [0.1, 0.15) is 35.0 Å². The van der Waals surface area contributed by atoms with E-state index in [1.54, 1.807) is 0 Å². The van der Waals surface area contributed by atoms with Crippen molar-refractivity contribution in [3.8, 4) is 0 Å². The number of anilines is 1. The summed E-state index contributed by atoms with van der Waals surface area (Å²) in [7, 11) is 0. The number of benzene rings is 1. The molecule has 1 aliphatic heterocycles. The van der Waals surface area contributed by atoms with Gasteiger partial charge < -0.3 is 20.9 Å². The Kier molecular flexibility index (Phi) is 8.03. The first-order chi connectivity index (χ1) is 15.4. The second-order valence-corrected chi connectivity index (χ2v) is 6.90. The second kappa shape index (κ2) is 10.3. The van der Waals surface area contributed by atoms with E-state index in [-0.39, 0.29) is 35.9 Å². The number of hydrogen-bond acceptors (Lipinski definition) is 6. The van der Waals surface area contributed by atoms with Gasteiger partial charge in [-0.25, -0.2) is 22.0 Å². The molecule has 1 aromatic heterocycles. The third-order valence-electron chi connectivity index (χ3n) is 4.63. The molecule has 2 aromatic rings. The summed E-state index contributed by atoms with van der Waals surface area (Å²) in [5, 5.41) is 9.26. The monoisotopic (exact) mass is 474 g/mol. The predicted octanol–water partition coefficient (Wildman–Crippen LogP) is 3.35. The molecule has 1 atom stereocenters. The molecular weight excluding hydrogens is 455 g/mol. The lowest BCUT2D eigenvalue weighted by Crippen LogP contribution is -2.45. The molecule has 1 amide bonds. The van der Waals surface area contributed by atoms with E-state index < -0.39 is 41.8 Å². The number of amidine groups is 1. The molecule has 0 bridgehead atoms. The molecule has 1 unspecified atom stereocenters. The average Bonchev–Trinajstić information content (AvgIpc) is 2.85. The predicted molar refractivity (Wildman–Crippen MR) is 107 cm³/mol. The van der Waals surface area contributed by atoms with E-state index in [2.05, 4.69) is 15.3 Å². The van der Waals surface area contributed by atoms with E-state index in [4.69, 9.17) is 20.4 Å². The van der Waals surface area contributed by atoms with Gasteiger partial charge in [0.15, 0.2) is 5.54 Å². The van der Waals surface area contributed by atoms with Crippen LogP contribution in [0.3, 0.4) is 0 Å². The fourth-order valence-electron chi connectivity index (χ4n) is 2.92. The van der Waals surface area contributed by atoms with Gasteiger partial charge in [0.05, 0.1) is 0 Å². The van der Waals surface area contributed by atoms with Crippen molar-refractivity contribution in [2.24, 2.45) is 10.7 Å². The first-order valence-electron chi connectivity index (χ1n) is 9.18. The van der Waals surface area contributed by atoms with Crippen molar-refractivity contribution in [1.82, 2.24) is 4.98 Å². The molecule has 33 heavy (non-hydrogen) atoms. The molecule has 1 aromatic carbocycles. The highest BCUT2D eigenvalue weighted by molar-refractivity contribution is 6.02. The molecule has 3 rings (SSSR count). The van der Waals surface area contributed by atoms with Crippen LogP contribution in [0.5, 0.6) is 0 Å². The minimum absolute atomic E-state index is 0.0212. The summed E-state index contributed by atoms with van der Waals surface area (Å²) in [6.45, 7) is -0.586. The number of nitrogens with one attached hydrogen (secondary N) is 1. The molecule has 4 N–H and O–H groups in total. The largest absolute Gasteiger partial charge is 0.483 e. The Morgan fingerprint density at radius 2 is 1.97 bits per heavy atom. The number of pyridine rings is 1. The molecular formula is C20H19F5N4O4. The number of carbonyl (C=O) groups is 2. The van der Waals surface area contributed by atoms with Crippen LogP contribution in [0.15, 0.2) is 41.5 Å². The van der Waals surface area contributed by atoms with E-state index in [0.29, 0.717) is 0 Å². The Hall–Kier alpha value is -3.61. The highest BCUT2D eigenvalue weighted by Gasteiger charge is 2.54. The standard InChI is InChI=1S/C19H17F5N4O2.CH2O2/c1-18(19(23,24)9-30-8-15(25)28-18)12-6-11(3-4-13(12)20)27-17(29)14-5-2-10(7-26-14)16(21)22;2-1-3/h2-7,16H,8-9H2,1H3,(H2,25,28)(H,27,29);1H,(H,2,3). The van der Waals surface area contributed by atoms with Crippen LogP contribution in [-0.2, 0) is 15.1 Å². The van der Waals surface area contributed by atoms with Gasteiger partial charge in [0.25, 0.3) is 24.7 Å². The van der Waals surface area contributed by atoms with Crippen molar-refractivity contribution in [2.75, 3.05) is 18.5 Å². The molecule has 0 spiro atoms. The fourth-order valence-corrected chi connectivity index (χ4v) is 2.92. The van der Waals surface area contributed by atoms with Gasteiger partial charge in [0.2, 0.25) is 0 Å². The maximum Gasteiger partial charge on any atom is 0.299 e. The third-order valence-corrected chi connectivity index (χ3v) is 4.63. The number of aliphatic imine (C=N–C) groups is 1. The zero-order valence-corrected chi connectivity index (χ0v) is 17.1. The van der Waals surface area contributed by atoms with Crippen LogP contribution < -0.4 is 11.1 Å². The lowest BCUT2D eigenvalue weighted by Gasteiger charge is -2.33. The summed E-state index contributed by atoms with van der Waals surface area (Å²) in [5.74, 6) is -5.60. The van der Waals surface area contributed by atoms with Crippen molar-refractivity contribution in [2.45, 2.75) is 24.8 Å². The Balaban J connectivity index is 0.00000122. The lowest BCUT2D eigenvalue weighted by atomic mass is 9.85. The SMILES string of the molecule is CC1(c2cc(NC(=O)c3ccc(C(F)F)cn3)ccc2F)N=C(N)COCC1(F)F.O=CO. The van der Waals surface area contributed by atoms with Crippen LogP contribution in [0.4, 0.5) is 27.6 Å². The number of ether oxygens (including phenoxy) is 1. The van der Waals surface area contributed by atoms with Gasteiger partial charge in [-0.15, -0.1) is 0 Å². The molecule has 1 aliphatic rings. The molecule has 0 saturated carbocycles. The van der Waals surface area contributed by atoms with Crippen LogP contribution in [0, 0.1) is 5.82 Å². The summed E-state index contributed by atoms with van der Waals surface area (Å²) in [6, 6.07) is 5.19. The number of amides is 1. The number of aromatic nitrogens is 1. The maximum atomic E-state index is 14.7.